The standard InChI is InChI=1S/C14H13ClO2/c1-10-7-11(9-16)5-6-14(10)17-13-4-2-3-12(15)8-13/h2-8,16H,9H2,1H3. The van der Waals surface area contributed by atoms with Crippen molar-refractivity contribution in [1.82, 2.24) is 0 Å². The molecular formula is C14H13ClO2. The quantitative estimate of drug-likeness (QED) is 0.892. The van der Waals surface area contributed by atoms with Gasteiger partial charge in [0.05, 0.1) is 6.61 Å². The molecule has 0 aliphatic rings. The Morgan fingerprint density at radius 3 is 2.65 bits per heavy atom. The molecule has 88 valence electrons. The van der Waals surface area contributed by atoms with Gasteiger partial charge in [-0.2, -0.15) is 0 Å². The van der Waals surface area contributed by atoms with E-state index >= 15 is 0 Å². The smallest absolute Gasteiger partial charge is 0.130 e. The van der Waals surface area contributed by atoms with Crippen LogP contribution in [-0.2, 0) is 6.61 Å². The number of hydrogen-bond donors (Lipinski definition) is 1. The molecule has 17 heavy (non-hydrogen) atoms. The highest BCUT2D eigenvalue weighted by Crippen LogP contribution is 2.27. The average molecular weight is 249 g/mol. The predicted octanol–water partition coefficient (Wildman–Crippen LogP) is 3.93. The molecule has 3 heteroatoms. The van der Waals surface area contributed by atoms with Gasteiger partial charge in [0.25, 0.3) is 0 Å². The second kappa shape index (κ2) is 5.21. The lowest BCUT2D eigenvalue weighted by Crippen LogP contribution is -1.90. The van der Waals surface area contributed by atoms with Gasteiger partial charge in [0, 0.05) is 5.02 Å². The summed E-state index contributed by atoms with van der Waals surface area (Å²) in [6.07, 6.45) is 0. The number of ether oxygens (including phenoxy) is 1. The van der Waals surface area contributed by atoms with Crippen molar-refractivity contribution in [2.75, 3.05) is 0 Å². The Labute approximate surface area is 105 Å². The van der Waals surface area contributed by atoms with E-state index in [1.807, 2.05) is 37.3 Å². The molecule has 0 radical (unpaired) electrons. The number of rotatable bonds is 3. The summed E-state index contributed by atoms with van der Waals surface area (Å²) in [5.41, 5.74) is 1.86. The zero-order valence-electron chi connectivity index (χ0n) is 9.48. The zero-order chi connectivity index (χ0) is 12.3. The fraction of sp³-hybridized carbons (Fsp3) is 0.143. The molecule has 0 aliphatic heterocycles. The molecule has 0 saturated heterocycles. The van der Waals surface area contributed by atoms with Crippen molar-refractivity contribution in [2.45, 2.75) is 13.5 Å². The molecular weight excluding hydrogens is 236 g/mol. The van der Waals surface area contributed by atoms with Gasteiger partial charge in [-0.05, 0) is 42.3 Å². The van der Waals surface area contributed by atoms with Gasteiger partial charge in [0.2, 0.25) is 0 Å². The summed E-state index contributed by atoms with van der Waals surface area (Å²) in [4.78, 5) is 0. The van der Waals surface area contributed by atoms with Crippen molar-refractivity contribution in [3.05, 3.63) is 58.6 Å². The van der Waals surface area contributed by atoms with E-state index in [0.29, 0.717) is 10.8 Å². The van der Waals surface area contributed by atoms with E-state index < -0.39 is 0 Å². The van der Waals surface area contributed by atoms with Gasteiger partial charge in [0.15, 0.2) is 0 Å². The fourth-order valence-electron chi connectivity index (χ4n) is 1.58. The molecule has 0 amide bonds. The third kappa shape index (κ3) is 2.99. The van der Waals surface area contributed by atoms with E-state index in [1.165, 1.54) is 0 Å². The van der Waals surface area contributed by atoms with Crippen molar-refractivity contribution in [3.63, 3.8) is 0 Å². The summed E-state index contributed by atoms with van der Waals surface area (Å²) in [6.45, 7) is 1.98. The number of aliphatic hydroxyl groups excluding tert-OH is 1. The van der Waals surface area contributed by atoms with E-state index in [4.69, 9.17) is 21.4 Å². The van der Waals surface area contributed by atoms with Crippen LogP contribution in [-0.4, -0.2) is 5.11 Å². The highest BCUT2D eigenvalue weighted by atomic mass is 35.5. The average Bonchev–Trinajstić information content (AvgIpc) is 2.32. The second-order valence-corrected chi connectivity index (χ2v) is 4.25. The van der Waals surface area contributed by atoms with Crippen LogP contribution in [0, 0.1) is 6.92 Å². The van der Waals surface area contributed by atoms with Crippen LogP contribution in [0.1, 0.15) is 11.1 Å². The molecule has 0 spiro atoms. The van der Waals surface area contributed by atoms with Gasteiger partial charge in [-0.25, -0.2) is 0 Å². The van der Waals surface area contributed by atoms with Crippen molar-refractivity contribution in [1.29, 1.82) is 0 Å². The first kappa shape index (κ1) is 12.0. The fourth-order valence-corrected chi connectivity index (χ4v) is 1.76. The molecule has 0 atom stereocenters. The molecule has 2 nitrogen and oxygen atoms in total. The second-order valence-electron chi connectivity index (χ2n) is 3.82. The molecule has 0 saturated carbocycles. The van der Waals surface area contributed by atoms with Crippen LogP contribution in [0.4, 0.5) is 0 Å². The van der Waals surface area contributed by atoms with Crippen molar-refractivity contribution in [3.8, 4) is 11.5 Å². The topological polar surface area (TPSA) is 29.5 Å². The first-order valence-electron chi connectivity index (χ1n) is 5.33. The maximum Gasteiger partial charge on any atom is 0.130 e. The van der Waals surface area contributed by atoms with Crippen LogP contribution >= 0.6 is 11.6 Å². The van der Waals surface area contributed by atoms with Crippen LogP contribution in [0.5, 0.6) is 11.5 Å². The van der Waals surface area contributed by atoms with Gasteiger partial charge >= 0.3 is 0 Å². The number of hydrogen-bond acceptors (Lipinski definition) is 2. The van der Waals surface area contributed by atoms with Crippen molar-refractivity contribution in [2.24, 2.45) is 0 Å². The van der Waals surface area contributed by atoms with Gasteiger partial charge in [-0.15, -0.1) is 0 Å². The van der Waals surface area contributed by atoms with Gasteiger partial charge < -0.3 is 9.84 Å². The van der Waals surface area contributed by atoms with Gasteiger partial charge in [-0.3, -0.25) is 0 Å². The Morgan fingerprint density at radius 1 is 1.18 bits per heavy atom. The molecule has 2 aromatic rings. The Bertz CT molecular complexity index is 523. The van der Waals surface area contributed by atoms with Crippen LogP contribution in [0.2, 0.25) is 5.02 Å². The highest BCUT2D eigenvalue weighted by Gasteiger charge is 2.03. The van der Waals surface area contributed by atoms with Crippen molar-refractivity contribution < 1.29 is 9.84 Å². The van der Waals surface area contributed by atoms with Crippen LogP contribution in [0.15, 0.2) is 42.5 Å². The van der Waals surface area contributed by atoms with E-state index in [0.717, 1.165) is 16.9 Å². The van der Waals surface area contributed by atoms with E-state index in [1.54, 1.807) is 12.1 Å². The Hall–Kier alpha value is -1.51. The summed E-state index contributed by atoms with van der Waals surface area (Å²) >= 11 is 5.89. The molecule has 2 rings (SSSR count). The number of halogens is 1. The van der Waals surface area contributed by atoms with Gasteiger partial charge in [0.1, 0.15) is 11.5 Å². The predicted molar refractivity (Wildman–Crippen MR) is 68.6 cm³/mol. The molecule has 0 unspecified atom stereocenters. The Morgan fingerprint density at radius 2 is 2.00 bits per heavy atom. The highest BCUT2D eigenvalue weighted by molar-refractivity contribution is 6.30. The lowest BCUT2D eigenvalue weighted by atomic mass is 10.1. The third-order valence-electron chi connectivity index (χ3n) is 2.45. The Kier molecular flexibility index (Phi) is 3.67. The van der Waals surface area contributed by atoms with E-state index in [-0.39, 0.29) is 6.61 Å². The summed E-state index contributed by atoms with van der Waals surface area (Å²) in [7, 11) is 0. The summed E-state index contributed by atoms with van der Waals surface area (Å²) in [6, 6.07) is 12.9. The molecule has 0 bridgehead atoms. The zero-order valence-corrected chi connectivity index (χ0v) is 10.2. The molecule has 0 aromatic heterocycles. The van der Waals surface area contributed by atoms with E-state index in [2.05, 4.69) is 0 Å². The largest absolute Gasteiger partial charge is 0.457 e. The maximum absolute atomic E-state index is 9.02. The first-order valence-corrected chi connectivity index (χ1v) is 5.70. The Balaban J connectivity index is 2.24. The lowest BCUT2D eigenvalue weighted by Gasteiger charge is -2.09. The summed E-state index contributed by atoms with van der Waals surface area (Å²) < 4.78 is 5.72. The summed E-state index contributed by atoms with van der Waals surface area (Å²) in [5, 5.41) is 9.67. The lowest BCUT2D eigenvalue weighted by molar-refractivity contribution is 0.281. The number of benzene rings is 2. The maximum atomic E-state index is 9.02. The molecule has 1 N–H and O–H groups in total. The minimum atomic E-state index is 0.0400. The van der Waals surface area contributed by atoms with E-state index in [9.17, 15) is 0 Å². The molecule has 0 aliphatic carbocycles. The SMILES string of the molecule is Cc1cc(CO)ccc1Oc1cccc(Cl)c1. The number of aliphatic hydroxyl groups is 1. The monoisotopic (exact) mass is 248 g/mol. The number of aryl methyl sites for hydroxylation is 1. The normalized spacial score (nSPS) is 10.3. The molecule has 0 heterocycles. The van der Waals surface area contributed by atoms with Crippen LogP contribution in [0.3, 0.4) is 0 Å². The van der Waals surface area contributed by atoms with Crippen molar-refractivity contribution >= 4 is 11.6 Å². The van der Waals surface area contributed by atoms with Gasteiger partial charge in [-0.1, -0.05) is 29.8 Å². The minimum Gasteiger partial charge on any atom is -0.457 e. The first-order chi connectivity index (χ1) is 8.19. The summed E-state index contributed by atoms with van der Waals surface area (Å²) in [5.74, 6) is 1.47. The molecule has 2 aromatic carbocycles. The van der Waals surface area contributed by atoms with Crippen LogP contribution in [0.25, 0.3) is 0 Å². The third-order valence-corrected chi connectivity index (χ3v) is 2.68. The minimum absolute atomic E-state index is 0.0400. The van der Waals surface area contributed by atoms with Crippen LogP contribution < -0.4 is 4.74 Å². The molecule has 0 fully saturated rings.